The number of urea groups is 1. The van der Waals surface area contributed by atoms with Gasteiger partial charge in [0, 0.05) is 48.4 Å². The second kappa shape index (κ2) is 11.1. The molecule has 6 nitrogen and oxygen atoms in total. The molecule has 35 heavy (non-hydrogen) atoms. The average Bonchev–Trinajstić information content (AvgIpc) is 2.90. The van der Waals surface area contributed by atoms with E-state index in [1.54, 1.807) is 19.1 Å². The number of carbonyl (C=O) groups excluding carboxylic acids is 1. The van der Waals surface area contributed by atoms with Crippen LogP contribution in [0.15, 0.2) is 78.9 Å². The van der Waals surface area contributed by atoms with Gasteiger partial charge >= 0.3 is 6.03 Å². The maximum absolute atomic E-state index is 12.8. The van der Waals surface area contributed by atoms with Gasteiger partial charge in [-0.2, -0.15) is 0 Å². The topological polar surface area (TPSA) is 65.0 Å². The molecule has 0 spiro atoms. The number of nitrogens with zero attached hydrogens (tertiary/aromatic N) is 2. The molecule has 180 valence electrons. The van der Waals surface area contributed by atoms with Crippen LogP contribution in [0.3, 0.4) is 0 Å². The summed E-state index contributed by atoms with van der Waals surface area (Å²) in [4.78, 5) is 16.6. The van der Waals surface area contributed by atoms with Gasteiger partial charge in [-0.3, -0.25) is 4.90 Å². The Bertz CT molecular complexity index is 1180. The predicted octanol–water partition coefficient (Wildman–Crippen LogP) is 4.02. The molecule has 3 aromatic rings. The molecule has 3 atom stereocenters. The Labute approximate surface area is 207 Å². The number of anilines is 1. The van der Waals surface area contributed by atoms with Crippen LogP contribution in [0.2, 0.25) is 0 Å². The largest absolute Gasteiger partial charge is 0.497 e. The van der Waals surface area contributed by atoms with Crippen LogP contribution in [-0.4, -0.2) is 67.4 Å². The van der Waals surface area contributed by atoms with Crippen LogP contribution < -0.4 is 10.1 Å². The molecule has 3 aromatic carbocycles. The Morgan fingerprint density at radius 1 is 0.971 bits per heavy atom. The number of aliphatic hydroxyl groups excluding tert-OH is 1. The molecule has 1 aliphatic heterocycles. The highest BCUT2D eigenvalue weighted by Crippen LogP contribution is 2.39. The second-order valence-corrected chi connectivity index (χ2v) is 8.79. The monoisotopic (exact) mass is 469 g/mol. The minimum absolute atomic E-state index is 0.0132. The van der Waals surface area contributed by atoms with Crippen molar-refractivity contribution in [3.05, 3.63) is 95.6 Å². The van der Waals surface area contributed by atoms with Gasteiger partial charge in [0.15, 0.2) is 0 Å². The first kappa shape index (κ1) is 24.3. The van der Waals surface area contributed by atoms with Crippen molar-refractivity contribution in [2.45, 2.75) is 18.0 Å². The fourth-order valence-corrected chi connectivity index (χ4v) is 4.55. The van der Waals surface area contributed by atoms with E-state index in [4.69, 9.17) is 4.74 Å². The summed E-state index contributed by atoms with van der Waals surface area (Å²) in [6, 6.07) is 25.3. The molecule has 1 saturated heterocycles. The van der Waals surface area contributed by atoms with Crippen LogP contribution in [-0.2, 0) is 0 Å². The van der Waals surface area contributed by atoms with Crippen molar-refractivity contribution >= 4 is 11.7 Å². The zero-order chi connectivity index (χ0) is 24.8. The lowest BCUT2D eigenvalue weighted by Gasteiger charge is -2.54. The van der Waals surface area contributed by atoms with E-state index < -0.39 is 0 Å². The number of likely N-dealkylation sites (tertiary alicyclic amines) is 1. The summed E-state index contributed by atoms with van der Waals surface area (Å²) >= 11 is 0. The fourth-order valence-electron chi connectivity index (χ4n) is 4.55. The third-order valence-corrected chi connectivity index (χ3v) is 6.63. The summed E-state index contributed by atoms with van der Waals surface area (Å²) in [5.74, 6) is 7.25. The number of ether oxygens (including phenoxy) is 1. The van der Waals surface area contributed by atoms with Gasteiger partial charge in [-0.15, -0.1) is 0 Å². The Morgan fingerprint density at radius 3 is 2.20 bits per heavy atom. The minimum Gasteiger partial charge on any atom is -0.497 e. The highest BCUT2D eigenvalue weighted by Gasteiger charge is 2.47. The average molecular weight is 470 g/mol. The van der Waals surface area contributed by atoms with Crippen molar-refractivity contribution < 1.29 is 14.6 Å². The summed E-state index contributed by atoms with van der Waals surface area (Å²) in [5, 5.41) is 12.9. The van der Waals surface area contributed by atoms with Crippen LogP contribution >= 0.6 is 0 Å². The molecule has 3 unspecified atom stereocenters. The second-order valence-electron chi connectivity index (χ2n) is 8.79. The zero-order valence-electron chi connectivity index (χ0n) is 20.3. The lowest BCUT2D eigenvalue weighted by atomic mass is 9.75. The Morgan fingerprint density at radius 2 is 1.60 bits per heavy atom. The first-order valence-corrected chi connectivity index (χ1v) is 11.7. The third kappa shape index (κ3) is 5.65. The normalized spacial score (nSPS) is 19.1. The Hall–Kier alpha value is -3.79. The SMILES string of the molecule is COc1ccc(NC(=O)N(C)CC2C(c3ccc(C#Cc4ccccc4)cc3)C(CO)N2C)cc1. The van der Waals surface area contributed by atoms with E-state index >= 15 is 0 Å². The first-order chi connectivity index (χ1) is 17.0. The number of carbonyl (C=O) groups is 1. The van der Waals surface area contributed by atoms with Crippen molar-refractivity contribution in [3.63, 3.8) is 0 Å². The van der Waals surface area contributed by atoms with Gasteiger partial charge < -0.3 is 20.1 Å². The van der Waals surface area contributed by atoms with E-state index in [0.717, 1.165) is 22.4 Å². The molecule has 0 aliphatic carbocycles. The standard InChI is InChI=1S/C29H31N3O3/c1-31(29(34)30-24-15-17-25(35-3)18-16-24)19-26-28(27(20-33)32(26)2)23-13-11-22(12-14-23)10-9-21-7-5-4-6-8-21/h4-8,11-18,26-28,33H,19-20H2,1-3H3,(H,30,34). The molecule has 0 bridgehead atoms. The van der Waals surface area contributed by atoms with Crippen LogP contribution in [0, 0.1) is 11.8 Å². The molecular weight excluding hydrogens is 438 g/mol. The smallest absolute Gasteiger partial charge is 0.321 e. The van der Waals surface area contributed by atoms with Crippen LogP contribution in [0.1, 0.15) is 22.6 Å². The number of nitrogens with one attached hydrogen (secondary N) is 1. The molecule has 2 N–H and O–H groups in total. The molecule has 4 rings (SSSR count). The Kier molecular flexibility index (Phi) is 7.71. The number of rotatable bonds is 6. The molecule has 1 aliphatic rings. The zero-order valence-corrected chi connectivity index (χ0v) is 20.3. The molecule has 1 fully saturated rings. The number of aliphatic hydroxyl groups is 1. The minimum atomic E-state index is -0.179. The summed E-state index contributed by atoms with van der Waals surface area (Å²) in [6.45, 7) is 0.601. The summed E-state index contributed by atoms with van der Waals surface area (Å²) < 4.78 is 5.17. The highest BCUT2D eigenvalue weighted by atomic mass is 16.5. The van der Waals surface area contributed by atoms with Gasteiger partial charge in [0.2, 0.25) is 0 Å². The fraction of sp³-hybridized carbons (Fsp3) is 0.276. The van der Waals surface area contributed by atoms with Crippen LogP contribution in [0.4, 0.5) is 10.5 Å². The Balaban J connectivity index is 1.42. The number of amides is 2. The first-order valence-electron chi connectivity index (χ1n) is 11.7. The molecule has 2 amide bonds. The van der Waals surface area contributed by atoms with Gasteiger partial charge in [-0.1, -0.05) is 42.2 Å². The van der Waals surface area contributed by atoms with Crippen molar-refractivity contribution in [1.82, 2.24) is 9.80 Å². The molecule has 0 aromatic heterocycles. The maximum atomic E-state index is 12.8. The van der Waals surface area contributed by atoms with E-state index in [2.05, 4.69) is 34.2 Å². The van der Waals surface area contributed by atoms with Crippen LogP contribution in [0.5, 0.6) is 5.75 Å². The van der Waals surface area contributed by atoms with Gasteiger partial charge in [0.1, 0.15) is 5.75 Å². The number of benzene rings is 3. The van der Waals surface area contributed by atoms with Crippen LogP contribution in [0.25, 0.3) is 0 Å². The maximum Gasteiger partial charge on any atom is 0.321 e. The van der Waals surface area contributed by atoms with E-state index in [1.165, 1.54) is 0 Å². The lowest BCUT2D eigenvalue weighted by molar-refractivity contribution is -0.0296. The summed E-state index contributed by atoms with van der Waals surface area (Å²) in [5.41, 5.74) is 3.77. The van der Waals surface area contributed by atoms with Crippen molar-refractivity contribution in [3.8, 4) is 17.6 Å². The molecular formula is C29H31N3O3. The molecule has 0 saturated carbocycles. The lowest BCUT2D eigenvalue weighted by Crippen LogP contribution is -2.65. The highest BCUT2D eigenvalue weighted by molar-refractivity contribution is 5.89. The number of hydrogen-bond donors (Lipinski definition) is 2. The van der Waals surface area contributed by atoms with E-state index in [1.807, 2.05) is 73.8 Å². The third-order valence-electron chi connectivity index (χ3n) is 6.63. The van der Waals surface area contributed by atoms with E-state index in [0.29, 0.717) is 12.2 Å². The predicted molar refractivity (Wildman–Crippen MR) is 139 cm³/mol. The summed E-state index contributed by atoms with van der Waals surface area (Å²) in [7, 11) is 5.40. The van der Waals surface area contributed by atoms with Gasteiger partial charge in [-0.25, -0.2) is 4.79 Å². The van der Waals surface area contributed by atoms with Crippen molar-refractivity contribution in [2.24, 2.45) is 0 Å². The van der Waals surface area contributed by atoms with Crippen molar-refractivity contribution in [2.75, 3.05) is 39.7 Å². The van der Waals surface area contributed by atoms with Gasteiger partial charge in [0.25, 0.3) is 0 Å². The quantitative estimate of drug-likeness (QED) is 0.536. The summed E-state index contributed by atoms with van der Waals surface area (Å²) in [6.07, 6.45) is 0. The number of likely N-dealkylation sites (N-methyl/N-ethyl adjacent to an activating group) is 2. The number of hydrogen-bond acceptors (Lipinski definition) is 4. The van der Waals surface area contributed by atoms with Crippen molar-refractivity contribution in [1.29, 1.82) is 0 Å². The molecule has 1 heterocycles. The number of methoxy groups -OCH3 is 1. The van der Waals surface area contributed by atoms with E-state index in [-0.39, 0.29) is 30.6 Å². The molecule has 6 heteroatoms. The van der Waals surface area contributed by atoms with Gasteiger partial charge in [-0.05, 0) is 61.1 Å². The van der Waals surface area contributed by atoms with Gasteiger partial charge in [0.05, 0.1) is 13.7 Å². The molecule has 0 radical (unpaired) electrons. The van der Waals surface area contributed by atoms with E-state index in [9.17, 15) is 9.90 Å².